The molecule has 478 valence electrons. The van der Waals surface area contributed by atoms with E-state index in [9.17, 15) is 30.2 Å². The van der Waals surface area contributed by atoms with Gasteiger partial charge in [-0.25, -0.2) is 0 Å². The fourth-order valence-corrected chi connectivity index (χ4v) is 17.6. The predicted molar refractivity (Wildman–Crippen MR) is 432 cm³/mol. The van der Waals surface area contributed by atoms with Gasteiger partial charge in [0, 0.05) is 89.0 Å². The Morgan fingerprint density at radius 2 is 0.650 bits per heavy atom. The van der Waals surface area contributed by atoms with E-state index in [-0.39, 0.29) is 122 Å². The summed E-state index contributed by atoms with van der Waals surface area (Å²) in [5.74, 6) is -0.992. The number of para-hydroxylation sites is 8. The van der Waals surface area contributed by atoms with Gasteiger partial charge in [-0.1, -0.05) is 287 Å². The third-order valence-corrected chi connectivity index (χ3v) is 21.8. The van der Waals surface area contributed by atoms with E-state index in [0.29, 0.717) is 50.5 Å². The molecule has 6 aliphatic rings. The summed E-state index contributed by atoms with van der Waals surface area (Å²) < 4.78 is 237. The highest BCUT2D eigenvalue weighted by Crippen LogP contribution is 2.56. The van der Waals surface area contributed by atoms with Gasteiger partial charge in [0.2, 0.25) is 0 Å². The fourth-order valence-electron chi connectivity index (χ4n) is 17.6. The minimum absolute atomic E-state index is 0.000937. The van der Waals surface area contributed by atoms with Crippen LogP contribution in [-0.2, 0) is 5.41 Å². The van der Waals surface area contributed by atoms with Crippen LogP contribution in [0.5, 0.6) is 23.0 Å². The SMILES string of the molecule is [2H]c1c([2H])c([2H])c2c(c1[2H])Oc1c3c(cc4c1B2c1c([2H])c([2H])c([2H])c2c5c([2H])c([2H])c([2H])c([2H])c5n-4c12)N(c1c(-c2ccccc2)cccc1-c1ccccc1)c1cc(C(C)(C)C)cc2c1B3c1c(cc3c4c1Oc1c([2H])c([2H])c([2H])c([2H])c1B4c1c([2H])c([2H])c([2H])c4c5c([2H])c([2H])c([2H])c([2H])c5n-3c14)N2c1c(-c2ccccc2)cccc1-c1ccccc1. The average molecular weight is 1330 g/mol. The quantitative estimate of drug-likeness (QED) is 0.155. The number of nitrogens with zero attached hydrogens (tertiary/aromatic N) is 4. The molecule has 0 fully saturated rings. The second-order valence-corrected chi connectivity index (χ2v) is 28.0. The Hall–Kier alpha value is -12.7. The molecule has 0 amide bonds. The van der Waals surface area contributed by atoms with Crippen LogP contribution in [0, 0.1) is 0 Å². The van der Waals surface area contributed by atoms with Crippen LogP contribution in [0.15, 0.2) is 315 Å². The largest absolute Gasteiger partial charge is 0.459 e. The van der Waals surface area contributed by atoms with Crippen molar-refractivity contribution in [1.29, 1.82) is 0 Å². The average Bonchev–Trinajstić information content (AvgIpc) is 1.65. The van der Waals surface area contributed by atoms with Crippen LogP contribution >= 0.6 is 0 Å². The Balaban J connectivity index is 1.01. The van der Waals surface area contributed by atoms with E-state index >= 15 is 0 Å². The molecule has 6 aliphatic heterocycles. The molecule has 0 aliphatic carbocycles. The number of anilines is 6. The number of fused-ring (bicyclic) bond motifs is 20. The predicted octanol–water partition coefficient (Wildman–Crippen LogP) is 17.8. The first kappa shape index (κ1) is 39.9. The molecule has 0 saturated carbocycles. The molecular weight excluding hydrogens is 1250 g/mol. The summed E-state index contributed by atoms with van der Waals surface area (Å²) in [7, 11) is 0. The lowest BCUT2D eigenvalue weighted by Gasteiger charge is -2.49. The first-order valence-corrected chi connectivity index (χ1v) is 34.3. The van der Waals surface area contributed by atoms with Crippen LogP contribution in [0.3, 0.4) is 0 Å². The normalized spacial score (nSPS) is 16.6. The van der Waals surface area contributed by atoms with Crippen molar-refractivity contribution >= 4 is 147 Å². The first-order valence-electron chi connectivity index (χ1n) is 45.3. The molecule has 23 rings (SSSR count). The Morgan fingerprint density at radius 3 is 1.05 bits per heavy atom. The molecule has 0 saturated heterocycles. The van der Waals surface area contributed by atoms with Gasteiger partial charge in [0.1, 0.15) is 23.0 Å². The van der Waals surface area contributed by atoms with Crippen LogP contribution in [0.25, 0.3) is 99.5 Å². The lowest BCUT2D eigenvalue weighted by Crippen LogP contribution is -2.67. The molecule has 0 radical (unpaired) electrons. The zero-order valence-corrected chi connectivity index (χ0v) is 55.2. The first-order chi connectivity index (χ1) is 60.0. The van der Waals surface area contributed by atoms with Gasteiger partial charge in [-0.2, -0.15) is 0 Å². The summed E-state index contributed by atoms with van der Waals surface area (Å²) in [5.41, 5.74) is 8.93. The molecule has 17 aromatic rings. The van der Waals surface area contributed by atoms with Crippen LogP contribution in [-0.4, -0.2) is 29.3 Å². The Kier molecular flexibility index (Phi) is 8.12. The minimum Gasteiger partial charge on any atom is -0.459 e. The van der Waals surface area contributed by atoms with E-state index < -0.39 is 170 Å². The van der Waals surface area contributed by atoms with Gasteiger partial charge in [0.15, 0.2) is 0 Å². The molecule has 0 spiro atoms. The Morgan fingerprint density at radius 1 is 0.311 bits per heavy atom. The van der Waals surface area contributed by atoms with Crippen molar-refractivity contribution in [3.05, 3.63) is 320 Å². The summed E-state index contributed by atoms with van der Waals surface area (Å²) in [4.78, 5) is 4.30. The molecule has 6 nitrogen and oxygen atoms in total. The Bertz CT molecular complexity index is 7400. The third kappa shape index (κ3) is 7.70. The maximum absolute atomic E-state index is 10.4. The molecule has 15 aromatic carbocycles. The summed E-state index contributed by atoms with van der Waals surface area (Å²) >= 11 is 0. The van der Waals surface area contributed by atoms with Gasteiger partial charge in [-0.05, 0) is 131 Å². The fraction of sp³-hybridized carbons (Fsp3) is 0.0426. The van der Waals surface area contributed by atoms with Crippen LogP contribution in [0.1, 0.15) is 56.5 Å². The van der Waals surface area contributed by atoms with Crippen molar-refractivity contribution in [3.8, 4) is 78.9 Å². The summed E-state index contributed by atoms with van der Waals surface area (Å²) in [6, 6.07) is 45.6. The second kappa shape index (κ2) is 20.9. The van der Waals surface area contributed by atoms with Crippen molar-refractivity contribution in [2.45, 2.75) is 26.2 Å². The molecule has 0 N–H and O–H groups in total. The van der Waals surface area contributed by atoms with E-state index in [4.69, 9.17) is 9.47 Å². The minimum atomic E-state index is -1.57. The van der Waals surface area contributed by atoms with E-state index in [1.54, 1.807) is 9.13 Å². The van der Waals surface area contributed by atoms with Crippen molar-refractivity contribution in [2.75, 3.05) is 9.80 Å². The van der Waals surface area contributed by atoms with E-state index in [1.165, 1.54) is 0 Å². The van der Waals surface area contributed by atoms with Crippen molar-refractivity contribution in [1.82, 2.24) is 9.13 Å². The smallest absolute Gasteiger partial charge is 0.261 e. The number of benzene rings is 15. The zero-order chi connectivity index (χ0) is 86.8. The third-order valence-electron chi connectivity index (χ3n) is 21.8. The molecule has 8 heterocycles. The van der Waals surface area contributed by atoms with Crippen LogP contribution in [0.2, 0.25) is 0 Å². The van der Waals surface area contributed by atoms with E-state index in [0.717, 1.165) is 27.8 Å². The number of hydrogen-bond acceptors (Lipinski definition) is 4. The highest BCUT2D eigenvalue weighted by atomic mass is 16.5. The number of aromatic nitrogens is 2. The second-order valence-electron chi connectivity index (χ2n) is 28.0. The number of rotatable bonds is 6. The lowest BCUT2D eigenvalue weighted by atomic mass is 9.28. The van der Waals surface area contributed by atoms with Gasteiger partial charge in [-0.15, -0.1) is 0 Å². The van der Waals surface area contributed by atoms with Crippen molar-refractivity contribution in [2.24, 2.45) is 0 Å². The summed E-state index contributed by atoms with van der Waals surface area (Å²) in [6.45, 7) is 1.71. The van der Waals surface area contributed by atoms with Gasteiger partial charge in [0.25, 0.3) is 20.1 Å². The Labute approximate surface area is 628 Å². The monoisotopic (exact) mass is 1330 g/mol. The molecule has 0 bridgehead atoms. The standard InChI is InChI=1S/C94H61B3N4O2/c1-94(2,3)60-52-75-83-76(53-60)101(89-63(58-32-12-6-13-33-58)40-25-41-64(89)59-34-14-7-15-35-59)80-55-78-85-93(103-82-51-23-19-45-70(82)96(85)72-47-27-43-68-66-37-17-21-49-74(66)99(78)91(68)72)87(80)97(83)86-79(100(75)88-61(56-28-8-4-9-29-56)38-24-39-62(88)57-30-10-5-11-31-57)54-77-84-92(86)102-81-50-22-18-44-69(81)95(84)71-46-26-42-67-65-36-16-20-48-73(65)98(77)90(67)71/h4-55H,1-3H3/i16D,17D,18D,19D,20D,21D,22D,23D,26D,27D,36D,37D,42D,43D,44D,45D,46D,47D,48D,49D,50D,51D. The lowest BCUT2D eigenvalue weighted by molar-refractivity contribution is 0.490. The summed E-state index contributed by atoms with van der Waals surface area (Å²) in [6.07, 6.45) is 0. The van der Waals surface area contributed by atoms with Gasteiger partial charge < -0.3 is 28.4 Å². The van der Waals surface area contributed by atoms with E-state index in [2.05, 4.69) is 42.7 Å². The molecule has 103 heavy (non-hydrogen) atoms. The molecule has 2 aromatic heterocycles. The molecule has 0 atom stereocenters. The molecular formula is C94H61B3N4O2. The maximum Gasteiger partial charge on any atom is 0.261 e. The molecule has 0 unspecified atom stereocenters. The maximum atomic E-state index is 10.4. The highest BCUT2D eigenvalue weighted by molar-refractivity contribution is 7.05. The van der Waals surface area contributed by atoms with Crippen LogP contribution < -0.4 is 68.4 Å². The number of hydrogen-bond donors (Lipinski definition) is 0. The van der Waals surface area contributed by atoms with E-state index in [1.807, 2.05) is 170 Å². The van der Waals surface area contributed by atoms with Crippen molar-refractivity contribution < 1.29 is 39.6 Å². The summed E-state index contributed by atoms with van der Waals surface area (Å²) in [5, 5.41) is -0.565. The van der Waals surface area contributed by atoms with Gasteiger partial charge >= 0.3 is 0 Å². The van der Waals surface area contributed by atoms with Gasteiger partial charge in [-0.3, -0.25) is 0 Å². The highest BCUT2D eigenvalue weighted by Gasteiger charge is 2.55. The van der Waals surface area contributed by atoms with Crippen molar-refractivity contribution in [3.63, 3.8) is 0 Å². The number of ether oxygens (including phenoxy) is 2. The van der Waals surface area contributed by atoms with Crippen LogP contribution in [0.4, 0.5) is 34.1 Å². The zero-order valence-electron chi connectivity index (χ0n) is 77.2. The molecule has 9 heteroatoms. The topological polar surface area (TPSA) is 34.8 Å². The van der Waals surface area contributed by atoms with Gasteiger partial charge in [0.05, 0.1) is 52.6 Å².